The van der Waals surface area contributed by atoms with Crippen LogP contribution < -0.4 is 21.7 Å². The molecule has 5 N–H and O–H groups in total. The zero-order valence-corrected chi connectivity index (χ0v) is 24.7. The fourth-order valence-corrected chi connectivity index (χ4v) is 7.92. The zero-order valence-electron chi connectivity index (χ0n) is 18.2. The lowest BCUT2D eigenvalue weighted by Crippen LogP contribution is -2.54. The van der Waals surface area contributed by atoms with Gasteiger partial charge in [0, 0.05) is 37.4 Å². The van der Waals surface area contributed by atoms with E-state index in [2.05, 4.69) is 68.1 Å². The van der Waals surface area contributed by atoms with Gasteiger partial charge in [0.25, 0.3) is 11.8 Å². The molecule has 0 saturated carbocycles. The Kier molecular flexibility index (Phi) is 13.1. The monoisotopic (exact) mass is 799 g/mol. The normalized spacial score (nSPS) is 14.8. The average molecular weight is 799 g/mol. The fourth-order valence-electron chi connectivity index (χ4n) is 3.39. The largest absolute Gasteiger partial charge is 0.365 e. The van der Waals surface area contributed by atoms with Crippen LogP contribution in [0, 0.1) is 16.6 Å². The van der Waals surface area contributed by atoms with Crippen molar-refractivity contribution in [1.29, 1.82) is 0 Å². The molecule has 1 atom stereocenters. The highest BCUT2D eigenvalue weighted by atomic mass is 127. The highest BCUT2D eigenvalue weighted by molar-refractivity contribution is 14.1. The Hall–Kier alpha value is -0.460. The van der Waals surface area contributed by atoms with E-state index in [0.717, 1.165) is 12.8 Å². The summed E-state index contributed by atoms with van der Waals surface area (Å²) < 4.78 is 6.93. The zero-order chi connectivity index (χ0) is 24.0. The van der Waals surface area contributed by atoms with Crippen LogP contribution in [0.2, 0.25) is 0 Å². The van der Waals surface area contributed by atoms with E-state index in [1.807, 2.05) is 22.6 Å². The molecule has 3 amide bonds. The van der Waals surface area contributed by atoms with Crippen molar-refractivity contribution < 1.29 is 19.1 Å². The number of hydrogen-bond acceptors (Lipinski definition) is 6. The maximum absolute atomic E-state index is 13.4. The Labute approximate surface area is 236 Å². The third-order valence-electron chi connectivity index (χ3n) is 5.33. The van der Waals surface area contributed by atoms with Crippen LogP contribution in [0.4, 0.5) is 5.69 Å². The molecule has 0 spiro atoms. The number of benzene rings is 1. The number of rotatable bonds is 8. The second-order valence-corrected chi connectivity index (χ2v) is 10.8. The van der Waals surface area contributed by atoms with Crippen LogP contribution in [0.15, 0.2) is 0 Å². The first-order valence-electron chi connectivity index (χ1n) is 10.1. The van der Waals surface area contributed by atoms with Crippen molar-refractivity contribution in [2.75, 3.05) is 45.8 Å². The summed E-state index contributed by atoms with van der Waals surface area (Å²) >= 11 is 6.16. The maximum atomic E-state index is 13.4. The molecule has 33 heavy (non-hydrogen) atoms. The number of halogens is 3. The Morgan fingerprint density at radius 3 is 2.12 bits per heavy atom. The van der Waals surface area contributed by atoms with Gasteiger partial charge in [-0.15, -0.1) is 0 Å². The fraction of sp³-hybridized carbons (Fsp3) is 0.571. The van der Waals surface area contributed by atoms with Crippen LogP contribution in [0.3, 0.4) is 0 Å². The third kappa shape index (κ3) is 7.27. The minimum absolute atomic E-state index is 0. The lowest BCUT2D eigenvalue weighted by molar-refractivity contribution is -0.134. The Balaban J connectivity index is 0.00000544. The van der Waals surface area contributed by atoms with Gasteiger partial charge in [0.1, 0.15) is 12.8 Å². The predicted octanol–water partition coefficient (Wildman–Crippen LogP) is 2.83. The van der Waals surface area contributed by atoms with Gasteiger partial charge in [-0.05, 0) is 86.5 Å². The van der Waals surface area contributed by atoms with Gasteiger partial charge >= 0.3 is 0 Å². The van der Waals surface area contributed by atoms with Crippen molar-refractivity contribution >= 4 is 91.2 Å². The van der Waals surface area contributed by atoms with Crippen LogP contribution in [-0.2, 0) is 9.53 Å². The number of ether oxygens (including phenoxy) is 1. The number of hydrogen-bond donors (Lipinski definition) is 4. The first-order valence-corrected chi connectivity index (χ1v) is 13.4. The number of nitrogens with zero attached hydrogens (tertiary/aromatic N) is 1. The summed E-state index contributed by atoms with van der Waals surface area (Å²) in [6.07, 6.45) is 1.88. The Morgan fingerprint density at radius 1 is 1.09 bits per heavy atom. The van der Waals surface area contributed by atoms with Crippen molar-refractivity contribution in [1.82, 2.24) is 15.5 Å². The molecule has 12 heteroatoms. The molecule has 1 aliphatic heterocycles. The van der Waals surface area contributed by atoms with E-state index in [4.69, 9.17) is 10.5 Å². The van der Waals surface area contributed by atoms with Crippen LogP contribution in [0.1, 0.15) is 47.9 Å². The van der Waals surface area contributed by atoms with Gasteiger partial charge < -0.3 is 31.3 Å². The van der Waals surface area contributed by atoms with Gasteiger partial charge in [0.2, 0.25) is 5.91 Å². The number of piperidine rings is 1. The van der Waals surface area contributed by atoms with E-state index < -0.39 is 11.9 Å². The molecular formula is C21H32I3N5O4. The number of carbonyl (C=O) groups is 3. The minimum atomic E-state index is -0.833. The number of methoxy groups -OCH3 is 1. The average Bonchev–Trinajstić information content (AvgIpc) is 2.77. The SMILES string of the molecule is C.CNC(=O)c1c(I)c(NCOC)c(I)c(C(=O)NC(CN)C(=O)N2CCC(C)CC2)c1I. The van der Waals surface area contributed by atoms with Gasteiger partial charge in [0.15, 0.2) is 0 Å². The number of likely N-dealkylation sites (tertiary alicyclic amines) is 1. The van der Waals surface area contributed by atoms with E-state index in [0.29, 0.717) is 46.5 Å². The molecule has 1 fully saturated rings. The number of carbonyl (C=O) groups excluding carboxylic acids is 3. The van der Waals surface area contributed by atoms with E-state index in [-0.39, 0.29) is 32.5 Å². The second-order valence-electron chi connectivity index (χ2n) is 7.53. The summed E-state index contributed by atoms with van der Waals surface area (Å²) in [4.78, 5) is 40.7. The van der Waals surface area contributed by atoms with Gasteiger partial charge in [0.05, 0.1) is 24.0 Å². The minimum Gasteiger partial charge on any atom is -0.365 e. The molecule has 1 aromatic rings. The molecular weight excluding hydrogens is 767 g/mol. The Bertz CT molecular complexity index is 876. The lowest BCUT2D eigenvalue weighted by atomic mass is 9.98. The summed E-state index contributed by atoms with van der Waals surface area (Å²) in [5.41, 5.74) is 7.20. The molecule has 9 nitrogen and oxygen atoms in total. The number of anilines is 1. The molecule has 0 radical (unpaired) electrons. The van der Waals surface area contributed by atoms with Crippen LogP contribution >= 0.6 is 67.8 Å². The lowest BCUT2D eigenvalue weighted by Gasteiger charge is -2.33. The topological polar surface area (TPSA) is 126 Å². The summed E-state index contributed by atoms with van der Waals surface area (Å²) in [7, 11) is 3.09. The summed E-state index contributed by atoms with van der Waals surface area (Å²) in [6, 6.07) is -0.833. The summed E-state index contributed by atoms with van der Waals surface area (Å²) in [5, 5.41) is 8.55. The molecule has 0 aromatic heterocycles. The van der Waals surface area contributed by atoms with Crippen molar-refractivity contribution in [3.63, 3.8) is 0 Å². The van der Waals surface area contributed by atoms with Gasteiger partial charge in [-0.1, -0.05) is 14.4 Å². The number of nitrogens with one attached hydrogen (secondary N) is 3. The van der Waals surface area contributed by atoms with Crippen LogP contribution in [-0.4, -0.2) is 69.2 Å². The molecule has 2 rings (SSSR count). The van der Waals surface area contributed by atoms with Gasteiger partial charge in [-0.2, -0.15) is 0 Å². The van der Waals surface area contributed by atoms with E-state index >= 15 is 0 Å². The van der Waals surface area contributed by atoms with Gasteiger partial charge in [-0.3, -0.25) is 14.4 Å². The van der Waals surface area contributed by atoms with Crippen LogP contribution in [0.25, 0.3) is 0 Å². The summed E-state index contributed by atoms with van der Waals surface area (Å²) in [6.45, 7) is 3.70. The van der Waals surface area contributed by atoms with Crippen LogP contribution in [0.5, 0.6) is 0 Å². The third-order valence-corrected chi connectivity index (χ3v) is 8.56. The standard InChI is InChI=1S/C20H28I3N5O4.CH4/c1-10-4-6-28(7-5-10)20(31)11(8-24)27-19(30)13-14(21)12(18(29)25-2)15(22)17(16(13)23)26-9-32-3;/h10-11,26H,4-9,24H2,1-3H3,(H,25,29)(H,27,30);1H4. The maximum Gasteiger partial charge on any atom is 0.254 e. The number of amides is 3. The van der Waals surface area contributed by atoms with E-state index in [1.54, 1.807) is 12.0 Å². The second kappa shape index (κ2) is 14.2. The molecule has 0 bridgehead atoms. The number of nitrogens with two attached hydrogens (primary N) is 1. The highest BCUT2D eigenvalue weighted by Gasteiger charge is 2.31. The molecule has 0 aliphatic carbocycles. The Morgan fingerprint density at radius 2 is 1.64 bits per heavy atom. The van der Waals surface area contributed by atoms with E-state index in [1.165, 1.54) is 7.05 Å². The first-order chi connectivity index (χ1) is 15.2. The molecule has 1 heterocycles. The molecule has 1 saturated heterocycles. The predicted molar refractivity (Wildman–Crippen MR) is 155 cm³/mol. The van der Waals surface area contributed by atoms with Crippen molar-refractivity contribution in [2.24, 2.45) is 11.7 Å². The van der Waals surface area contributed by atoms with Crippen molar-refractivity contribution in [2.45, 2.75) is 33.2 Å². The molecule has 1 unspecified atom stereocenters. The highest BCUT2D eigenvalue weighted by Crippen LogP contribution is 2.35. The van der Waals surface area contributed by atoms with Crippen molar-refractivity contribution in [3.05, 3.63) is 21.8 Å². The quantitative estimate of drug-likeness (QED) is 0.237. The molecule has 186 valence electrons. The van der Waals surface area contributed by atoms with Gasteiger partial charge in [-0.25, -0.2) is 0 Å². The smallest absolute Gasteiger partial charge is 0.254 e. The first kappa shape index (κ1) is 30.6. The molecule has 1 aliphatic rings. The molecule has 1 aromatic carbocycles. The van der Waals surface area contributed by atoms with Crippen molar-refractivity contribution in [3.8, 4) is 0 Å². The van der Waals surface area contributed by atoms with E-state index in [9.17, 15) is 14.4 Å². The summed E-state index contributed by atoms with van der Waals surface area (Å²) in [5.74, 6) is -0.345.